The van der Waals surface area contributed by atoms with Crippen molar-refractivity contribution in [2.45, 2.75) is 117 Å². The van der Waals surface area contributed by atoms with Crippen LogP contribution in [0.25, 0.3) is 0 Å². The largest absolute Gasteiger partial charge is 0.507 e. The van der Waals surface area contributed by atoms with E-state index in [1.165, 1.54) is 36.8 Å². The predicted octanol–water partition coefficient (Wildman–Crippen LogP) is 7.92. The van der Waals surface area contributed by atoms with Gasteiger partial charge in [-0.3, -0.25) is 0 Å². The topological polar surface area (TPSA) is 40.5 Å². The van der Waals surface area contributed by atoms with Crippen molar-refractivity contribution in [3.05, 3.63) is 57.6 Å². The Morgan fingerprint density at radius 1 is 0.469 bits per heavy atom. The smallest absolute Gasteiger partial charge is 0.121 e. The van der Waals surface area contributed by atoms with Gasteiger partial charge >= 0.3 is 0 Å². The van der Waals surface area contributed by atoms with Gasteiger partial charge in [0.05, 0.1) is 0 Å². The van der Waals surface area contributed by atoms with Crippen LogP contribution in [-0.4, -0.2) is 10.2 Å². The second kappa shape index (κ2) is 9.89. The van der Waals surface area contributed by atoms with Crippen molar-refractivity contribution in [3.63, 3.8) is 0 Å². The number of aryl methyl sites for hydroxylation is 4. The number of phenols is 2. The Kier molecular flexibility index (Phi) is 7.63. The minimum Gasteiger partial charge on any atom is -0.507 e. The van der Waals surface area contributed by atoms with Gasteiger partial charge in [-0.05, 0) is 82.7 Å². The minimum absolute atomic E-state index is 0.0412. The zero-order chi connectivity index (χ0) is 23.5. The quantitative estimate of drug-likeness (QED) is 0.440. The van der Waals surface area contributed by atoms with Crippen LogP contribution in [0.3, 0.4) is 0 Å². The van der Waals surface area contributed by atoms with Crippen LogP contribution in [0.2, 0.25) is 0 Å². The van der Waals surface area contributed by atoms with E-state index in [0.717, 1.165) is 60.8 Å². The molecule has 1 aliphatic rings. The molecular formula is C30H44O2. The Morgan fingerprint density at radius 3 is 1.06 bits per heavy atom. The Bertz CT molecular complexity index is 848. The molecule has 0 aromatic heterocycles. The lowest BCUT2D eigenvalue weighted by molar-refractivity contribution is 0.450. The summed E-state index contributed by atoms with van der Waals surface area (Å²) in [6.45, 7) is 13.4. The molecule has 0 saturated carbocycles. The van der Waals surface area contributed by atoms with Crippen molar-refractivity contribution in [1.82, 2.24) is 0 Å². The summed E-state index contributed by atoms with van der Waals surface area (Å²) in [5, 5.41) is 22.2. The lowest BCUT2D eigenvalue weighted by Crippen LogP contribution is -2.14. The average Bonchev–Trinajstić information content (AvgIpc) is 2.69. The first-order valence-corrected chi connectivity index (χ1v) is 12.7. The third kappa shape index (κ3) is 6.09. The Hall–Kier alpha value is -1.96. The molecule has 4 bridgehead atoms. The van der Waals surface area contributed by atoms with Gasteiger partial charge in [-0.2, -0.15) is 0 Å². The molecule has 0 fully saturated rings. The first-order chi connectivity index (χ1) is 15.0. The van der Waals surface area contributed by atoms with Crippen LogP contribution >= 0.6 is 0 Å². The summed E-state index contributed by atoms with van der Waals surface area (Å²) in [4.78, 5) is 0. The highest BCUT2D eigenvalue weighted by atomic mass is 16.3. The minimum atomic E-state index is 0.0412. The Labute approximate surface area is 196 Å². The first kappa shape index (κ1) is 24.7. The molecule has 0 spiro atoms. The molecule has 0 atom stereocenters. The lowest BCUT2D eigenvalue weighted by Gasteiger charge is -2.24. The molecule has 0 aliphatic heterocycles. The van der Waals surface area contributed by atoms with Gasteiger partial charge in [0.15, 0.2) is 0 Å². The normalized spacial score (nSPS) is 16.7. The lowest BCUT2D eigenvalue weighted by atomic mass is 9.82. The van der Waals surface area contributed by atoms with Gasteiger partial charge in [0.2, 0.25) is 0 Å². The van der Waals surface area contributed by atoms with Gasteiger partial charge < -0.3 is 10.2 Å². The monoisotopic (exact) mass is 436 g/mol. The van der Waals surface area contributed by atoms with E-state index >= 15 is 0 Å². The van der Waals surface area contributed by atoms with Crippen molar-refractivity contribution >= 4 is 0 Å². The molecule has 176 valence electrons. The summed E-state index contributed by atoms with van der Waals surface area (Å²) >= 11 is 0. The SMILES string of the molecule is CC(C)(C)c1cc2c(O)c(c1)CCc1cc(C(C)(C)C)cc(c1O)CCCCCCCC2. The van der Waals surface area contributed by atoms with Crippen LogP contribution < -0.4 is 0 Å². The van der Waals surface area contributed by atoms with Crippen molar-refractivity contribution in [2.24, 2.45) is 0 Å². The molecule has 2 aromatic carbocycles. The summed E-state index contributed by atoms with van der Waals surface area (Å²) in [6, 6.07) is 8.82. The van der Waals surface area contributed by atoms with Crippen molar-refractivity contribution in [2.75, 3.05) is 0 Å². The number of rotatable bonds is 0. The highest BCUT2D eigenvalue weighted by Gasteiger charge is 2.21. The highest BCUT2D eigenvalue weighted by Crippen LogP contribution is 2.36. The maximum atomic E-state index is 11.1. The maximum absolute atomic E-state index is 11.1. The number of aromatic hydroxyl groups is 2. The van der Waals surface area contributed by atoms with Crippen LogP contribution in [0.4, 0.5) is 0 Å². The van der Waals surface area contributed by atoms with Gasteiger partial charge in [0.1, 0.15) is 11.5 Å². The van der Waals surface area contributed by atoms with Gasteiger partial charge in [-0.1, -0.05) is 91.5 Å². The molecule has 1 aliphatic carbocycles. The van der Waals surface area contributed by atoms with Gasteiger partial charge in [-0.25, -0.2) is 0 Å². The van der Waals surface area contributed by atoms with Crippen LogP contribution in [0.5, 0.6) is 11.5 Å². The zero-order valence-corrected chi connectivity index (χ0v) is 21.3. The zero-order valence-electron chi connectivity index (χ0n) is 21.3. The molecule has 2 heteroatoms. The van der Waals surface area contributed by atoms with Crippen LogP contribution in [-0.2, 0) is 36.5 Å². The number of hydrogen-bond acceptors (Lipinski definition) is 2. The van der Waals surface area contributed by atoms with Crippen LogP contribution in [0.1, 0.15) is 113 Å². The second-order valence-corrected chi connectivity index (χ2v) is 11.9. The second-order valence-electron chi connectivity index (χ2n) is 11.9. The summed E-state index contributed by atoms with van der Waals surface area (Å²) in [6.07, 6.45) is 10.5. The Balaban J connectivity index is 2.04. The van der Waals surface area contributed by atoms with Crippen molar-refractivity contribution in [1.29, 1.82) is 0 Å². The number of fused-ring (bicyclic) bond motifs is 4. The van der Waals surface area contributed by atoms with Gasteiger partial charge in [0.25, 0.3) is 0 Å². The molecule has 0 saturated heterocycles. The van der Waals surface area contributed by atoms with E-state index in [9.17, 15) is 10.2 Å². The molecule has 32 heavy (non-hydrogen) atoms. The predicted molar refractivity (Wildman–Crippen MR) is 136 cm³/mol. The highest BCUT2D eigenvalue weighted by molar-refractivity contribution is 5.49. The molecule has 2 aromatic rings. The molecule has 2 nitrogen and oxygen atoms in total. The number of phenolic OH excluding ortho intramolecular Hbond substituents is 2. The summed E-state index contributed by atoms with van der Waals surface area (Å²) < 4.78 is 0. The third-order valence-electron chi connectivity index (χ3n) is 7.07. The standard InChI is InChI=1S/C30H44O2/c1-29(2,3)25-17-21-13-11-9-7-8-10-12-14-22-18-26(30(4,5)6)20-24(28(22)32)16-15-23(19-25)27(21)31/h17-20,31-32H,7-16H2,1-6H3. The van der Waals surface area contributed by atoms with E-state index in [0.29, 0.717) is 11.5 Å². The van der Waals surface area contributed by atoms with E-state index in [1.54, 1.807) is 0 Å². The first-order valence-electron chi connectivity index (χ1n) is 12.7. The number of benzene rings is 2. The van der Waals surface area contributed by atoms with Gasteiger partial charge in [0, 0.05) is 0 Å². The molecule has 3 rings (SSSR count). The van der Waals surface area contributed by atoms with E-state index in [1.807, 2.05) is 0 Å². The van der Waals surface area contributed by atoms with Crippen molar-refractivity contribution in [3.8, 4) is 11.5 Å². The van der Waals surface area contributed by atoms with E-state index < -0.39 is 0 Å². The summed E-state index contributed by atoms with van der Waals surface area (Å²) in [5.41, 5.74) is 6.87. The molecule has 0 amide bonds. The van der Waals surface area contributed by atoms with Crippen LogP contribution in [0, 0.1) is 0 Å². The Morgan fingerprint density at radius 2 is 0.750 bits per heavy atom. The van der Waals surface area contributed by atoms with E-state index in [-0.39, 0.29) is 10.8 Å². The summed E-state index contributed by atoms with van der Waals surface area (Å²) in [7, 11) is 0. The third-order valence-corrected chi connectivity index (χ3v) is 7.07. The molecule has 0 unspecified atom stereocenters. The molecule has 0 radical (unpaired) electrons. The summed E-state index contributed by atoms with van der Waals surface area (Å²) in [5.74, 6) is 0.938. The number of hydrogen-bond donors (Lipinski definition) is 2. The molecule has 2 N–H and O–H groups in total. The fraction of sp³-hybridized carbons (Fsp3) is 0.600. The fourth-order valence-corrected chi connectivity index (χ4v) is 4.76. The van der Waals surface area contributed by atoms with E-state index in [4.69, 9.17) is 0 Å². The van der Waals surface area contributed by atoms with Gasteiger partial charge in [-0.15, -0.1) is 0 Å². The molecule has 0 heterocycles. The molecular weight excluding hydrogens is 392 g/mol. The van der Waals surface area contributed by atoms with E-state index in [2.05, 4.69) is 65.8 Å². The fourth-order valence-electron chi connectivity index (χ4n) is 4.76. The van der Waals surface area contributed by atoms with Crippen LogP contribution in [0.15, 0.2) is 24.3 Å². The average molecular weight is 437 g/mol. The maximum Gasteiger partial charge on any atom is 0.121 e. The van der Waals surface area contributed by atoms with Crippen molar-refractivity contribution < 1.29 is 10.2 Å².